The molecule has 5 nitrogen and oxygen atoms in total. The Morgan fingerprint density at radius 1 is 0.955 bits per heavy atom. The zero-order chi connectivity index (χ0) is 15.8. The smallest absolute Gasteiger partial charge is 0.313 e. The van der Waals surface area contributed by atoms with Crippen molar-refractivity contribution in [3.05, 3.63) is 60.2 Å². The van der Waals surface area contributed by atoms with Crippen LogP contribution in [0.5, 0.6) is 5.75 Å². The van der Waals surface area contributed by atoms with Gasteiger partial charge in [-0.25, -0.2) is 0 Å². The highest BCUT2D eigenvalue weighted by Crippen LogP contribution is 2.23. The fourth-order valence-electron chi connectivity index (χ4n) is 1.89. The van der Waals surface area contributed by atoms with Gasteiger partial charge in [0.15, 0.2) is 0 Å². The molecule has 2 aromatic rings. The molecule has 0 bridgehead atoms. The SMILES string of the molecule is CCOc1ccccc1NC(=O)C(=O)NCc1ccccc1. The standard InChI is InChI=1S/C17H18N2O3/c1-2-22-15-11-7-6-10-14(15)19-17(21)16(20)18-12-13-8-4-3-5-9-13/h3-11H,2,12H2,1H3,(H,18,20)(H,19,21). The molecule has 0 atom stereocenters. The Bertz CT molecular complexity index is 641. The van der Waals surface area contributed by atoms with Crippen LogP contribution in [0.4, 0.5) is 5.69 Å². The van der Waals surface area contributed by atoms with E-state index in [4.69, 9.17) is 4.74 Å². The van der Waals surface area contributed by atoms with Crippen LogP contribution in [-0.4, -0.2) is 18.4 Å². The number of hydrogen-bond acceptors (Lipinski definition) is 3. The monoisotopic (exact) mass is 298 g/mol. The van der Waals surface area contributed by atoms with Gasteiger partial charge in [-0.05, 0) is 24.6 Å². The maximum atomic E-state index is 11.9. The molecule has 0 radical (unpaired) electrons. The van der Waals surface area contributed by atoms with Gasteiger partial charge < -0.3 is 15.4 Å². The molecular formula is C17H18N2O3. The quantitative estimate of drug-likeness (QED) is 0.833. The number of hydrogen-bond donors (Lipinski definition) is 2. The molecule has 0 fully saturated rings. The highest BCUT2D eigenvalue weighted by atomic mass is 16.5. The van der Waals surface area contributed by atoms with Crippen molar-refractivity contribution in [1.29, 1.82) is 0 Å². The first-order valence-electron chi connectivity index (χ1n) is 7.05. The van der Waals surface area contributed by atoms with Gasteiger partial charge in [-0.3, -0.25) is 9.59 Å². The van der Waals surface area contributed by atoms with E-state index in [9.17, 15) is 9.59 Å². The first-order chi connectivity index (χ1) is 10.7. The predicted octanol–water partition coefficient (Wildman–Crippen LogP) is 2.34. The highest BCUT2D eigenvalue weighted by molar-refractivity contribution is 6.39. The zero-order valence-corrected chi connectivity index (χ0v) is 12.3. The lowest BCUT2D eigenvalue weighted by Crippen LogP contribution is -2.35. The molecule has 2 amide bonds. The van der Waals surface area contributed by atoms with Crippen molar-refractivity contribution in [2.45, 2.75) is 13.5 Å². The number of carbonyl (C=O) groups excluding carboxylic acids is 2. The van der Waals surface area contributed by atoms with Crippen LogP contribution < -0.4 is 15.4 Å². The van der Waals surface area contributed by atoms with Crippen molar-refractivity contribution in [2.75, 3.05) is 11.9 Å². The molecule has 0 heterocycles. The van der Waals surface area contributed by atoms with Crippen LogP contribution in [0.25, 0.3) is 0 Å². The zero-order valence-electron chi connectivity index (χ0n) is 12.3. The van der Waals surface area contributed by atoms with Gasteiger partial charge in [-0.15, -0.1) is 0 Å². The van der Waals surface area contributed by atoms with Crippen molar-refractivity contribution in [2.24, 2.45) is 0 Å². The fraction of sp³-hybridized carbons (Fsp3) is 0.176. The van der Waals surface area contributed by atoms with Crippen LogP contribution in [0, 0.1) is 0 Å². The fourth-order valence-corrected chi connectivity index (χ4v) is 1.89. The van der Waals surface area contributed by atoms with Crippen molar-refractivity contribution in [3.63, 3.8) is 0 Å². The molecule has 0 saturated heterocycles. The van der Waals surface area contributed by atoms with Crippen LogP contribution in [-0.2, 0) is 16.1 Å². The summed E-state index contributed by atoms with van der Waals surface area (Å²) in [5.41, 5.74) is 1.41. The summed E-state index contributed by atoms with van der Waals surface area (Å²) in [5.74, 6) is -0.868. The summed E-state index contributed by atoms with van der Waals surface area (Å²) in [4.78, 5) is 23.7. The molecule has 0 aromatic heterocycles. The van der Waals surface area contributed by atoms with E-state index in [2.05, 4.69) is 10.6 Å². The van der Waals surface area contributed by atoms with Gasteiger partial charge in [0.1, 0.15) is 5.75 Å². The lowest BCUT2D eigenvalue weighted by atomic mass is 10.2. The van der Waals surface area contributed by atoms with Crippen molar-refractivity contribution >= 4 is 17.5 Å². The molecule has 0 aliphatic heterocycles. The maximum absolute atomic E-state index is 11.9. The summed E-state index contributed by atoms with van der Waals surface area (Å²) in [7, 11) is 0. The summed E-state index contributed by atoms with van der Waals surface area (Å²) in [6, 6.07) is 16.4. The Labute approximate surface area is 129 Å². The molecule has 2 aromatic carbocycles. The lowest BCUT2D eigenvalue weighted by molar-refractivity contribution is -0.136. The minimum absolute atomic E-state index is 0.306. The van der Waals surface area contributed by atoms with E-state index in [1.165, 1.54) is 0 Å². The summed E-state index contributed by atoms with van der Waals surface area (Å²) in [6.07, 6.45) is 0. The number of carbonyl (C=O) groups is 2. The number of anilines is 1. The Morgan fingerprint density at radius 2 is 1.64 bits per heavy atom. The number of nitrogens with one attached hydrogen (secondary N) is 2. The Hall–Kier alpha value is -2.82. The van der Waals surface area contributed by atoms with E-state index in [1.54, 1.807) is 24.3 Å². The van der Waals surface area contributed by atoms with Crippen LogP contribution in [0.15, 0.2) is 54.6 Å². The van der Waals surface area contributed by atoms with Crippen LogP contribution >= 0.6 is 0 Å². The van der Waals surface area contributed by atoms with Gasteiger partial charge >= 0.3 is 11.8 Å². The molecule has 0 spiro atoms. The summed E-state index contributed by atoms with van der Waals surface area (Å²) in [6.45, 7) is 2.64. The molecule has 0 unspecified atom stereocenters. The number of para-hydroxylation sites is 2. The van der Waals surface area contributed by atoms with E-state index >= 15 is 0 Å². The molecule has 0 aliphatic rings. The normalized spacial score (nSPS) is 9.86. The Balaban J connectivity index is 1.93. The molecular weight excluding hydrogens is 280 g/mol. The summed E-state index contributed by atoms with van der Waals surface area (Å²) >= 11 is 0. The highest BCUT2D eigenvalue weighted by Gasteiger charge is 2.15. The van der Waals surface area contributed by atoms with Crippen molar-refractivity contribution in [3.8, 4) is 5.75 Å². The first-order valence-corrected chi connectivity index (χ1v) is 7.05. The van der Waals surface area contributed by atoms with Crippen molar-refractivity contribution < 1.29 is 14.3 Å². The maximum Gasteiger partial charge on any atom is 0.313 e. The van der Waals surface area contributed by atoms with Gasteiger partial charge in [0, 0.05) is 6.54 Å². The number of ether oxygens (including phenoxy) is 1. The second kappa shape index (κ2) is 7.83. The van der Waals surface area contributed by atoms with Gasteiger partial charge in [-0.2, -0.15) is 0 Å². The third kappa shape index (κ3) is 4.34. The van der Waals surface area contributed by atoms with Gasteiger partial charge in [0.25, 0.3) is 0 Å². The van der Waals surface area contributed by atoms with Crippen LogP contribution in [0.3, 0.4) is 0 Å². The van der Waals surface area contributed by atoms with E-state index in [1.807, 2.05) is 37.3 Å². The summed E-state index contributed by atoms with van der Waals surface area (Å²) < 4.78 is 5.40. The van der Waals surface area contributed by atoms with E-state index in [0.29, 0.717) is 24.6 Å². The molecule has 0 aliphatic carbocycles. The second-order valence-electron chi connectivity index (χ2n) is 4.55. The summed E-state index contributed by atoms with van der Waals surface area (Å²) in [5, 5.41) is 5.13. The van der Waals surface area contributed by atoms with Gasteiger partial charge in [0.05, 0.1) is 12.3 Å². The molecule has 5 heteroatoms. The van der Waals surface area contributed by atoms with E-state index in [-0.39, 0.29) is 0 Å². The average Bonchev–Trinajstić information content (AvgIpc) is 2.55. The molecule has 0 saturated carbocycles. The van der Waals surface area contributed by atoms with Crippen LogP contribution in [0.1, 0.15) is 12.5 Å². The topological polar surface area (TPSA) is 67.4 Å². The largest absolute Gasteiger partial charge is 0.492 e. The number of benzene rings is 2. The number of rotatable bonds is 5. The third-order valence-electron chi connectivity index (χ3n) is 2.94. The Morgan fingerprint density at radius 3 is 2.36 bits per heavy atom. The van der Waals surface area contributed by atoms with Crippen LogP contribution in [0.2, 0.25) is 0 Å². The van der Waals surface area contributed by atoms with Crippen molar-refractivity contribution in [1.82, 2.24) is 5.32 Å². The molecule has 2 rings (SSSR count). The molecule has 22 heavy (non-hydrogen) atoms. The van der Waals surface area contributed by atoms with Gasteiger partial charge in [-0.1, -0.05) is 42.5 Å². The molecule has 114 valence electrons. The minimum atomic E-state index is -0.719. The lowest BCUT2D eigenvalue weighted by Gasteiger charge is -2.11. The Kier molecular flexibility index (Phi) is 5.54. The van der Waals surface area contributed by atoms with E-state index < -0.39 is 11.8 Å². The number of amides is 2. The predicted molar refractivity (Wildman–Crippen MR) is 84.5 cm³/mol. The third-order valence-corrected chi connectivity index (χ3v) is 2.94. The first kappa shape index (κ1) is 15.6. The minimum Gasteiger partial charge on any atom is -0.492 e. The average molecular weight is 298 g/mol. The second-order valence-corrected chi connectivity index (χ2v) is 4.55. The molecule has 2 N–H and O–H groups in total. The van der Waals surface area contributed by atoms with Gasteiger partial charge in [0.2, 0.25) is 0 Å². The van der Waals surface area contributed by atoms with E-state index in [0.717, 1.165) is 5.56 Å².